The van der Waals surface area contributed by atoms with Gasteiger partial charge in [0.25, 0.3) is 0 Å². The summed E-state index contributed by atoms with van der Waals surface area (Å²) in [7, 11) is 1.73. The van der Waals surface area contributed by atoms with Gasteiger partial charge in [-0.3, -0.25) is 0 Å². The molecule has 1 atom stereocenters. The molecule has 2 N–H and O–H groups in total. The number of hydrogen-bond donors (Lipinski definition) is 1. The van der Waals surface area contributed by atoms with Crippen molar-refractivity contribution in [1.29, 1.82) is 0 Å². The lowest BCUT2D eigenvalue weighted by Crippen LogP contribution is -2.38. The van der Waals surface area contributed by atoms with Crippen molar-refractivity contribution in [3.63, 3.8) is 0 Å². The van der Waals surface area contributed by atoms with Crippen LogP contribution in [0.3, 0.4) is 0 Å². The Bertz CT molecular complexity index is 491. The van der Waals surface area contributed by atoms with Crippen LogP contribution in [0, 0.1) is 5.92 Å². The monoisotopic (exact) mass is 356 g/mol. The average molecular weight is 357 g/mol. The van der Waals surface area contributed by atoms with Gasteiger partial charge < -0.3 is 15.4 Å². The molecule has 1 unspecified atom stereocenters. The summed E-state index contributed by atoms with van der Waals surface area (Å²) in [6.07, 6.45) is 2.62. The third-order valence-corrected chi connectivity index (χ3v) is 4.58. The second-order valence-corrected chi connectivity index (χ2v) is 6.65. The normalized spacial score (nSPS) is 15.9. The highest BCUT2D eigenvalue weighted by molar-refractivity contribution is 9.10. The molecule has 0 heterocycles. The van der Waals surface area contributed by atoms with Crippen LogP contribution >= 0.6 is 28.1 Å². The predicted molar refractivity (Wildman–Crippen MR) is 91.4 cm³/mol. The van der Waals surface area contributed by atoms with Crippen LogP contribution in [0.25, 0.3) is 0 Å². The van der Waals surface area contributed by atoms with Crippen LogP contribution < -0.4 is 10.6 Å². The SMILES string of the molecule is COCCN(c1ccc(Br)cc1C(N)=S)C(C)C1CC1. The van der Waals surface area contributed by atoms with Crippen LogP contribution in [0.1, 0.15) is 25.3 Å². The van der Waals surface area contributed by atoms with Crippen LogP contribution in [-0.2, 0) is 4.74 Å². The predicted octanol–water partition coefficient (Wildman–Crippen LogP) is 3.33. The van der Waals surface area contributed by atoms with Gasteiger partial charge in [-0.2, -0.15) is 0 Å². The van der Waals surface area contributed by atoms with Crippen LogP contribution in [0.15, 0.2) is 22.7 Å². The highest BCUT2D eigenvalue weighted by atomic mass is 79.9. The zero-order valence-electron chi connectivity index (χ0n) is 11.9. The smallest absolute Gasteiger partial charge is 0.106 e. The molecule has 0 spiro atoms. The Labute approximate surface area is 134 Å². The zero-order chi connectivity index (χ0) is 14.7. The first-order valence-electron chi connectivity index (χ1n) is 6.89. The molecule has 5 heteroatoms. The van der Waals surface area contributed by atoms with Crippen molar-refractivity contribution in [2.75, 3.05) is 25.2 Å². The minimum absolute atomic E-state index is 0.437. The maximum Gasteiger partial charge on any atom is 0.106 e. The van der Waals surface area contributed by atoms with Crippen molar-refractivity contribution in [3.8, 4) is 0 Å². The molecule has 1 aromatic carbocycles. The molecule has 0 amide bonds. The fraction of sp³-hybridized carbons (Fsp3) is 0.533. The molecule has 3 nitrogen and oxygen atoms in total. The van der Waals surface area contributed by atoms with E-state index in [4.69, 9.17) is 22.7 Å². The average Bonchev–Trinajstić information content (AvgIpc) is 3.24. The lowest BCUT2D eigenvalue weighted by atomic mass is 10.1. The van der Waals surface area contributed by atoms with Crippen LogP contribution in [0.5, 0.6) is 0 Å². The number of methoxy groups -OCH3 is 1. The van der Waals surface area contributed by atoms with Crippen molar-refractivity contribution >= 4 is 38.8 Å². The molecule has 1 fully saturated rings. The van der Waals surface area contributed by atoms with E-state index < -0.39 is 0 Å². The van der Waals surface area contributed by atoms with Gasteiger partial charge in [-0.1, -0.05) is 28.1 Å². The Balaban J connectivity index is 2.33. The highest BCUT2D eigenvalue weighted by Gasteiger charge is 2.32. The largest absolute Gasteiger partial charge is 0.389 e. The van der Waals surface area contributed by atoms with Gasteiger partial charge in [-0.25, -0.2) is 0 Å². The Kier molecular flexibility index (Phi) is 5.41. The van der Waals surface area contributed by atoms with E-state index in [0.717, 1.165) is 28.2 Å². The summed E-state index contributed by atoms with van der Waals surface area (Å²) in [6, 6.07) is 6.61. The molecule has 0 aromatic heterocycles. The van der Waals surface area contributed by atoms with Crippen molar-refractivity contribution in [1.82, 2.24) is 0 Å². The minimum Gasteiger partial charge on any atom is -0.389 e. The molecule has 0 radical (unpaired) electrons. The number of hydrogen-bond acceptors (Lipinski definition) is 3. The first-order chi connectivity index (χ1) is 9.54. The zero-order valence-corrected chi connectivity index (χ0v) is 14.3. The van der Waals surface area contributed by atoms with E-state index >= 15 is 0 Å². The number of benzene rings is 1. The second-order valence-electron chi connectivity index (χ2n) is 5.29. The summed E-state index contributed by atoms with van der Waals surface area (Å²) in [4.78, 5) is 2.81. The number of rotatable bonds is 7. The third kappa shape index (κ3) is 3.71. The fourth-order valence-electron chi connectivity index (χ4n) is 2.52. The molecule has 20 heavy (non-hydrogen) atoms. The molecular weight excluding hydrogens is 336 g/mol. The summed E-state index contributed by atoms with van der Waals surface area (Å²) < 4.78 is 6.25. The lowest BCUT2D eigenvalue weighted by Gasteiger charge is -2.33. The number of thiocarbonyl (C=S) groups is 1. The van der Waals surface area contributed by atoms with Crippen LogP contribution in [0.2, 0.25) is 0 Å². The van der Waals surface area contributed by atoms with Gasteiger partial charge in [0, 0.05) is 35.4 Å². The van der Waals surface area contributed by atoms with E-state index in [9.17, 15) is 0 Å². The van der Waals surface area contributed by atoms with Crippen molar-refractivity contribution in [2.24, 2.45) is 11.7 Å². The van der Waals surface area contributed by atoms with E-state index in [1.54, 1.807) is 7.11 Å². The van der Waals surface area contributed by atoms with Crippen molar-refractivity contribution in [3.05, 3.63) is 28.2 Å². The summed E-state index contributed by atoms with van der Waals surface area (Å²) in [6.45, 7) is 3.83. The van der Waals surface area contributed by atoms with Gasteiger partial charge >= 0.3 is 0 Å². The van der Waals surface area contributed by atoms with E-state index in [1.807, 2.05) is 12.1 Å². The topological polar surface area (TPSA) is 38.5 Å². The first-order valence-corrected chi connectivity index (χ1v) is 8.09. The van der Waals surface area contributed by atoms with Gasteiger partial charge in [0.1, 0.15) is 4.99 Å². The minimum atomic E-state index is 0.437. The fourth-order valence-corrected chi connectivity index (χ4v) is 3.05. The highest BCUT2D eigenvalue weighted by Crippen LogP contribution is 2.38. The summed E-state index contributed by atoms with van der Waals surface area (Å²) in [5.74, 6) is 0.773. The maximum absolute atomic E-state index is 5.89. The van der Waals surface area contributed by atoms with E-state index in [-0.39, 0.29) is 0 Å². The van der Waals surface area contributed by atoms with E-state index in [1.165, 1.54) is 12.8 Å². The van der Waals surface area contributed by atoms with Gasteiger partial charge in [-0.15, -0.1) is 0 Å². The maximum atomic E-state index is 5.89. The molecule has 0 bridgehead atoms. The quantitative estimate of drug-likeness (QED) is 0.760. The summed E-state index contributed by atoms with van der Waals surface area (Å²) in [5.41, 5.74) is 7.93. The third-order valence-electron chi connectivity index (χ3n) is 3.87. The molecule has 1 aliphatic carbocycles. The summed E-state index contributed by atoms with van der Waals surface area (Å²) in [5, 5.41) is 0. The number of halogens is 1. The molecule has 0 saturated heterocycles. The molecule has 0 aliphatic heterocycles. The van der Waals surface area contributed by atoms with Crippen molar-refractivity contribution < 1.29 is 4.74 Å². The molecular formula is C15H21BrN2OS. The summed E-state index contributed by atoms with van der Waals surface area (Å²) >= 11 is 8.69. The Morgan fingerprint density at radius 3 is 2.80 bits per heavy atom. The number of nitrogens with zero attached hydrogens (tertiary/aromatic N) is 1. The number of ether oxygens (including phenoxy) is 1. The Morgan fingerprint density at radius 2 is 2.25 bits per heavy atom. The lowest BCUT2D eigenvalue weighted by molar-refractivity contribution is 0.202. The number of nitrogens with two attached hydrogens (primary N) is 1. The number of anilines is 1. The van der Waals surface area contributed by atoms with E-state index in [0.29, 0.717) is 17.6 Å². The van der Waals surface area contributed by atoms with Crippen LogP contribution in [0.4, 0.5) is 5.69 Å². The van der Waals surface area contributed by atoms with Gasteiger partial charge in [0.05, 0.1) is 6.61 Å². The molecule has 1 aromatic rings. The molecule has 110 valence electrons. The van der Waals surface area contributed by atoms with E-state index in [2.05, 4.69) is 33.8 Å². The molecule has 1 aliphatic rings. The van der Waals surface area contributed by atoms with Gasteiger partial charge in [-0.05, 0) is 43.9 Å². The standard InChI is InChI=1S/C15H21BrN2OS/c1-10(11-3-4-11)18(7-8-19-2)14-6-5-12(16)9-13(14)15(17)20/h5-6,9-11H,3-4,7-8H2,1-2H3,(H2,17,20). The first kappa shape index (κ1) is 15.7. The van der Waals surface area contributed by atoms with Gasteiger partial charge in [0.15, 0.2) is 0 Å². The van der Waals surface area contributed by atoms with Crippen molar-refractivity contribution in [2.45, 2.75) is 25.8 Å². The Hall–Kier alpha value is -0.650. The molecule has 1 saturated carbocycles. The van der Waals surface area contributed by atoms with Crippen LogP contribution in [-0.4, -0.2) is 31.3 Å². The second kappa shape index (κ2) is 6.87. The molecule has 2 rings (SSSR count). The Morgan fingerprint density at radius 1 is 1.55 bits per heavy atom. The van der Waals surface area contributed by atoms with Gasteiger partial charge in [0.2, 0.25) is 0 Å².